The monoisotopic (exact) mass is 508 g/mol. The average molecular weight is 509 g/mol. The van der Waals surface area contributed by atoms with Crippen LogP contribution in [0.1, 0.15) is 50.2 Å². The molecule has 2 fully saturated rings. The molecule has 2 heterocycles. The molecule has 0 unspecified atom stereocenters. The number of rotatable bonds is 10. The molecule has 0 saturated carbocycles. The standard InChI is InChI=1S/C26H41FN4O5/c1-34-26(33)29-10-13-36-24(20-7-4-9-22(27)15-20)21-8-5-11-31(17-21)25(32)30-16-23(28)14-19-6-2-3-12-35-18-19/h4,7,9,15,19,21,23-24H,2-3,5-6,8,10-14,16-18,28H2,1H3,(H,29,33)(H,30,32)/t19-,21-,23+,24+/m1/s1. The van der Waals surface area contributed by atoms with Gasteiger partial charge in [-0.1, -0.05) is 18.6 Å². The van der Waals surface area contributed by atoms with Crippen LogP contribution in [-0.2, 0) is 14.2 Å². The van der Waals surface area contributed by atoms with E-state index in [-0.39, 0.29) is 37.0 Å². The van der Waals surface area contributed by atoms with E-state index in [9.17, 15) is 14.0 Å². The minimum atomic E-state index is -0.536. The van der Waals surface area contributed by atoms with Crippen LogP contribution in [0.3, 0.4) is 0 Å². The Kier molecular flexibility index (Phi) is 11.7. The molecule has 10 heteroatoms. The highest BCUT2D eigenvalue weighted by molar-refractivity contribution is 5.74. The Balaban J connectivity index is 1.53. The summed E-state index contributed by atoms with van der Waals surface area (Å²) in [4.78, 5) is 26.1. The summed E-state index contributed by atoms with van der Waals surface area (Å²) in [6.07, 6.45) is 4.92. The van der Waals surface area contributed by atoms with Crippen LogP contribution in [0.15, 0.2) is 24.3 Å². The predicted octanol–water partition coefficient (Wildman–Crippen LogP) is 3.20. The molecule has 2 aliphatic heterocycles. The first-order valence-corrected chi connectivity index (χ1v) is 13.0. The Labute approximate surface area is 213 Å². The number of nitrogens with zero attached hydrogens (tertiary/aromatic N) is 1. The van der Waals surface area contributed by atoms with Crippen molar-refractivity contribution in [2.45, 2.75) is 50.7 Å². The van der Waals surface area contributed by atoms with Crippen molar-refractivity contribution in [2.24, 2.45) is 17.6 Å². The SMILES string of the molecule is COC(=O)NCCO[C@@H](c1cccc(F)c1)[C@@H]1CCCN(C(=O)NC[C@@H](N)C[C@H]2CCCCOC2)C1. The molecular formula is C26H41FN4O5. The number of carbonyl (C=O) groups excluding carboxylic acids is 2. The van der Waals surface area contributed by atoms with E-state index in [0.29, 0.717) is 31.1 Å². The van der Waals surface area contributed by atoms with E-state index in [0.717, 1.165) is 51.7 Å². The Morgan fingerprint density at radius 1 is 1.25 bits per heavy atom. The zero-order valence-electron chi connectivity index (χ0n) is 21.3. The van der Waals surface area contributed by atoms with Crippen molar-refractivity contribution in [2.75, 3.05) is 53.1 Å². The summed E-state index contributed by atoms with van der Waals surface area (Å²) in [5.41, 5.74) is 7.03. The number of piperidine rings is 1. The number of ether oxygens (including phenoxy) is 3. The molecule has 0 bridgehead atoms. The summed E-state index contributed by atoms with van der Waals surface area (Å²) in [7, 11) is 1.30. The van der Waals surface area contributed by atoms with Crippen molar-refractivity contribution < 1.29 is 28.2 Å². The van der Waals surface area contributed by atoms with Gasteiger partial charge in [-0.25, -0.2) is 14.0 Å². The topological polar surface area (TPSA) is 115 Å². The summed E-state index contributed by atoms with van der Waals surface area (Å²) < 4.78 is 30.3. The van der Waals surface area contributed by atoms with Gasteiger partial charge >= 0.3 is 12.1 Å². The van der Waals surface area contributed by atoms with Crippen LogP contribution in [0, 0.1) is 17.7 Å². The predicted molar refractivity (Wildman–Crippen MR) is 134 cm³/mol. The molecule has 2 saturated heterocycles. The molecule has 0 aromatic heterocycles. The highest BCUT2D eigenvalue weighted by Gasteiger charge is 2.31. The van der Waals surface area contributed by atoms with Crippen LogP contribution in [0.2, 0.25) is 0 Å². The molecule has 3 amide bonds. The number of alkyl carbamates (subject to hydrolysis) is 1. The zero-order valence-corrected chi connectivity index (χ0v) is 21.3. The normalized spacial score (nSPS) is 22.2. The molecule has 3 rings (SSSR count). The van der Waals surface area contributed by atoms with Crippen molar-refractivity contribution in [3.8, 4) is 0 Å². The zero-order chi connectivity index (χ0) is 25.8. The Morgan fingerprint density at radius 3 is 2.92 bits per heavy atom. The van der Waals surface area contributed by atoms with Gasteiger partial charge in [0.05, 0.1) is 19.8 Å². The van der Waals surface area contributed by atoms with Crippen molar-refractivity contribution >= 4 is 12.1 Å². The van der Waals surface area contributed by atoms with Crippen molar-refractivity contribution in [3.05, 3.63) is 35.6 Å². The third kappa shape index (κ3) is 9.22. The van der Waals surface area contributed by atoms with E-state index in [1.165, 1.54) is 19.2 Å². The molecule has 0 aliphatic carbocycles. The Bertz CT molecular complexity index is 821. The third-order valence-corrected chi connectivity index (χ3v) is 6.86. The lowest BCUT2D eigenvalue weighted by Gasteiger charge is -2.37. The summed E-state index contributed by atoms with van der Waals surface area (Å²) in [5.74, 6) is 0.0881. The molecule has 2 aliphatic rings. The van der Waals surface area contributed by atoms with E-state index in [1.54, 1.807) is 11.0 Å². The second-order valence-electron chi connectivity index (χ2n) is 9.73. The smallest absolute Gasteiger partial charge is 0.406 e. The van der Waals surface area contributed by atoms with Crippen LogP contribution in [0.4, 0.5) is 14.0 Å². The first-order valence-electron chi connectivity index (χ1n) is 13.0. The number of urea groups is 1. The Morgan fingerprint density at radius 2 is 2.11 bits per heavy atom. The largest absolute Gasteiger partial charge is 0.453 e. The summed E-state index contributed by atoms with van der Waals surface area (Å²) in [5, 5.41) is 5.58. The molecule has 0 radical (unpaired) electrons. The fourth-order valence-electron chi connectivity index (χ4n) is 5.04. The van der Waals surface area contributed by atoms with Gasteiger partial charge in [-0.3, -0.25) is 0 Å². The maximum atomic E-state index is 14.0. The lowest BCUT2D eigenvalue weighted by atomic mass is 9.88. The van der Waals surface area contributed by atoms with Gasteiger partial charge in [0.1, 0.15) is 5.82 Å². The second-order valence-corrected chi connectivity index (χ2v) is 9.73. The third-order valence-electron chi connectivity index (χ3n) is 6.86. The minimum Gasteiger partial charge on any atom is -0.453 e. The van der Waals surface area contributed by atoms with E-state index >= 15 is 0 Å². The van der Waals surface area contributed by atoms with Gasteiger partial charge in [-0.15, -0.1) is 0 Å². The molecule has 202 valence electrons. The van der Waals surface area contributed by atoms with Gasteiger partial charge in [0, 0.05) is 51.4 Å². The molecule has 4 atom stereocenters. The van der Waals surface area contributed by atoms with E-state index in [1.807, 2.05) is 6.07 Å². The van der Waals surface area contributed by atoms with Crippen LogP contribution in [0.5, 0.6) is 0 Å². The molecule has 4 N–H and O–H groups in total. The van der Waals surface area contributed by atoms with Crippen molar-refractivity contribution in [1.29, 1.82) is 0 Å². The number of amides is 3. The molecule has 36 heavy (non-hydrogen) atoms. The summed E-state index contributed by atoms with van der Waals surface area (Å²) in [6.45, 7) is 3.61. The number of hydrogen-bond donors (Lipinski definition) is 3. The van der Waals surface area contributed by atoms with Crippen molar-refractivity contribution in [1.82, 2.24) is 15.5 Å². The fourth-order valence-corrected chi connectivity index (χ4v) is 5.04. The van der Waals surface area contributed by atoms with Crippen LogP contribution < -0.4 is 16.4 Å². The van der Waals surface area contributed by atoms with Crippen LogP contribution >= 0.6 is 0 Å². The number of halogens is 1. The summed E-state index contributed by atoms with van der Waals surface area (Å²) >= 11 is 0. The summed E-state index contributed by atoms with van der Waals surface area (Å²) in [6, 6.07) is 6.08. The molecular weight excluding hydrogens is 467 g/mol. The van der Waals surface area contributed by atoms with Gasteiger partial charge in [-0.2, -0.15) is 0 Å². The fraction of sp³-hybridized carbons (Fsp3) is 0.692. The van der Waals surface area contributed by atoms with E-state index < -0.39 is 12.2 Å². The molecule has 0 spiro atoms. The Hall–Kier alpha value is -2.43. The van der Waals surface area contributed by atoms with E-state index in [2.05, 4.69) is 15.4 Å². The number of nitrogens with two attached hydrogens (primary N) is 1. The first-order chi connectivity index (χ1) is 17.5. The number of benzene rings is 1. The first kappa shape index (κ1) is 28.1. The number of nitrogens with one attached hydrogen (secondary N) is 2. The van der Waals surface area contributed by atoms with Gasteiger partial charge in [-0.05, 0) is 55.7 Å². The minimum absolute atomic E-state index is 0.0127. The van der Waals surface area contributed by atoms with Crippen LogP contribution in [0.25, 0.3) is 0 Å². The van der Waals surface area contributed by atoms with E-state index in [4.69, 9.17) is 15.2 Å². The van der Waals surface area contributed by atoms with Gasteiger partial charge in [0.25, 0.3) is 0 Å². The van der Waals surface area contributed by atoms with Crippen molar-refractivity contribution in [3.63, 3.8) is 0 Å². The molecule has 1 aromatic carbocycles. The molecule has 9 nitrogen and oxygen atoms in total. The number of carbonyl (C=O) groups is 2. The number of methoxy groups -OCH3 is 1. The second kappa shape index (κ2) is 15.0. The maximum Gasteiger partial charge on any atom is 0.406 e. The highest BCUT2D eigenvalue weighted by Crippen LogP contribution is 2.33. The maximum absolute atomic E-state index is 14.0. The quantitative estimate of drug-likeness (QED) is 0.418. The average Bonchev–Trinajstić information content (AvgIpc) is 3.15. The van der Waals surface area contributed by atoms with Crippen LogP contribution in [-0.4, -0.2) is 76.2 Å². The lowest BCUT2D eigenvalue weighted by molar-refractivity contribution is -0.00864. The van der Waals surface area contributed by atoms with Gasteiger partial charge in [0.2, 0.25) is 0 Å². The number of likely N-dealkylation sites (tertiary alicyclic amines) is 1. The highest BCUT2D eigenvalue weighted by atomic mass is 19.1. The lowest BCUT2D eigenvalue weighted by Crippen LogP contribution is -2.49. The molecule has 1 aromatic rings. The van der Waals surface area contributed by atoms with Gasteiger partial charge < -0.3 is 35.5 Å². The number of hydrogen-bond acceptors (Lipinski definition) is 6. The van der Waals surface area contributed by atoms with Gasteiger partial charge in [0.15, 0.2) is 0 Å².